The maximum atomic E-state index is 12.6. The Hall–Kier alpha value is -3.07. The number of ether oxygens (including phenoxy) is 2. The standard InChI is InChI=1S/C21H26N2O6S/c1-5-28-21(25)18-11-6-7-12-19(18)22-20(24)14-23(30(4,26)27)16-9-8-10-17(13-16)29-15(2)3/h6-13,15H,5,14H2,1-4H3,(H,22,24). The predicted octanol–water partition coefficient (Wildman–Crippen LogP) is 3.06. The van der Waals surface area contributed by atoms with Crippen LogP contribution in [-0.2, 0) is 19.6 Å². The average Bonchev–Trinajstić information content (AvgIpc) is 2.65. The summed E-state index contributed by atoms with van der Waals surface area (Å²) < 4.78 is 36.3. The lowest BCUT2D eigenvalue weighted by Crippen LogP contribution is -2.37. The van der Waals surface area contributed by atoms with E-state index in [1.807, 2.05) is 13.8 Å². The van der Waals surface area contributed by atoms with Gasteiger partial charge in [0.25, 0.3) is 0 Å². The molecule has 0 saturated carbocycles. The lowest BCUT2D eigenvalue weighted by atomic mass is 10.2. The van der Waals surface area contributed by atoms with Crippen molar-refractivity contribution >= 4 is 33.3 Å². The second kappa shape index (κ2) is 10.1. The van der Waals surface area contributed by atoms with Crippen LogP contribution in [0.1, 0.15) is 31.1 Å². The van der Waals surface area contributed by atoms with E-state index in [1.165, 1.54) is 6.07 Å². The van der Waals surface area contributed by atoms with Crippen molar-refractivity contribution in [2.75, 3.05) is 29.0 Å². The zero-order valence-electron chi connectivity index (χ0n) is 17.4. The Labute approximate surface area is 176 Å². The van der Waals surface area contributed by atoms with Gasteiger partial charge in [0.15, 0.2) is 0 Å². The highest BCUT2D eigenvalue weighted by Crippen LogP contribution is 2.24. The van der Waals surface area contributed by atoms with E-state index in [1.54, 1.807) is 49.4 Å². The van der Waals surface area contributed by atoms with Gasteiger partial charge in [0.2, 0.25) is 15.9 Å². The topological polar surface area (TPSA) is 102 Å². The van der Waals surface area contributed by atoms with E-state index in [0.29, 0.717) is 11.4 Å². The first-order valence-corrected chi connectivity index (χ1v) is 11.3. The van der Waals surface area contributed by atoms with Crippen LogP contribution in [0.4, 0.5) is 11.4 Å². The quantitative estimate of drug-likeness (QED) is 0.609. The Morgan fingerprint density at radius 1 is 1.10 bits per heavy atom. The minimum absolute atomic E-state index is 0.0883. The highest BCUT2D eigenvalue weighted by Gasteiger charge is 2.22. The molecule has 0 radical (unpaired) electrons. The number of carbonyl (C=O) groups excluding carboxylic acids is 2. The molecule has 1 amide bonds. The molecule has 162 valence electrons. The van der Waals surface area contributed by atoms with Crippen LogP contribution in [0.5, 0.6) is 5.75 Å². The smallest absolute Gasteiger partial charge is 0.340 e. The summed E-state index contributed by atoms with van der Waals surface area (Å²) in [5.41, 5.74) is 0.724. The van der Waals surface area contributed by atoms with Crippen LogP contribution < -0.4 is 14.4 Å². The molecule has 1 N–H and O–H groups in total. The summed E-state index contributed by atoms with van der Waals surface area (Å²) in [6.45, 7) is 5.12. The molecule has 30 heavy (non-hydrogen) atoms. The first-order valence-electron chi connectivity index (χ1n) is 9.42. The van der Waals surface area contributed by atoms with Gasteiger partial charge in [-0.1, -0.05) is 18.2 Å². The van der Waals surface area contributed by atoms with Crippen LogP contribution in [0.2, 0.25) is 0 Å². The molecule has 0 bridgehead atoms. The van der Waals surface area contributed by atoms with Gasteiger partial charge in [-0.25, -0.2) is 13.2 Å². The van der Waals surface area contributed by atoms with E-state index < -0.39 is 28.4 Å². The lowest BCUT2D eigenvalue weighted by molar-refractivity contribution is -0.114. The number of esters is 1. The van der Waals surface area contributed by atoms with Crippen LogP contribution in [0.3, 0.4) is 0 Å². The number of nitrogens with zero attached hydrogens (tertiary/aromatic N) is 1. The Morgan fingerprint density at radius 3 is 2.43 bits per heavy atom. The Kier molecular flexibility index (Phi) is 7.82. The van der Waals surface area contributed by atoms with Crippen molar-refractivity contribution in [3.8, 4) is 5.75 Å². The van der Waals surface area contributed by atoms with Gasteiger partial charge in [0.05, 0.1) is 35.9 Å². The van der Waals surface area contributed by atoms with Crippen molar-refractivity contribution in [1.29, 1.82) is 0 Å². The Balaban J connectivity index is 2.25. The molecule has 0 aliphatic carbocycles. The summed E-state index contributed by atoms with van der Waals surface area (Å²) >= 11 is 0. The molecule has 0 saturated heterocycles. The lowest BCUT2D eigenvalue weighted by Gasteiger charge is -2.23. The molecule has 0 fully saturated rings. The zero-order valence-corrected chi connectivity index (χ0v) is 18.2. The van der Waals surface area contributed by atoms with Crippen LogP contribution in [0.15, 0.2) is 48.5 Å². The molecule has 0 heterocycles. The number of hydrogen-bond acceptors (Lipinski definition) is 6. The molecule has 0 unspecified atom stereocenters. The van der Waals surface area contributed by atoms with Gasteiger partial charge in [0, 0.05) is 6.07 Å². The second-order valence-electron chi connectivity index (χ2n) is 6.75. The van der Waals surface area contributed by atoms with Crippen LogP contribution in [0.25, 0.3) is 0 Å². The molecule has 2 aromatic rings. The van der Waals surface area contributed by atoms with Crippen LogP contribution in [-0.4, -0.2) is 45.8 Å². The number of anilines is 2. The first-order chi connectivity index (χ1) is 14.1. The third kappa shape index (κ3) is 6.48. The summed E-state index contributed by atoms with van der Waals surface area (Å²) in [5, 5.41) is 2.59. The maximum Gasteiger partial charge on any atom is 0.340 e. The SMILES string of the molecule is CCOC(=O)c1ccccc1NC(=O)CN(c1cccc(OC(C)C)c1)S(C)(=O)=O. The molecule has 0 aliphatic rings. The molecule has 0 aromatic heterocycles. The minimum atomic E-state index is -3.76. The fraction of sp³-hybridized carbons (Fsp3) is 0.333. The Morgan fingerprint density at radius 2 is 1.80 bits per heavy atom. The van der Waals surface area contributed by atoms with Crippen molar-refractivity contribution < 1.29 is 27.5 Å². The normalized spacial score (nSPS) is 11.1. The van der Waals surface area contributed by atoms with Gasteiger partial charge in [0.1, 0.15) is 12.3 Å². The number of nitrogens with one attached hydrogen (secondary N) is 1. The fourth-order valence-corrected chi connectivity index (χ4v) is 3.53. The number of hydrogen-bond donors (Lipinski definition) is 1. The molecule has 2 aromatic carbocycles. The van der Waals surface area contributed by atoms with Gasteiger partial charge in [-0.15, -0.1) is 0 Å². The average molecular weight is 435 g/mol. The fourth-order valence-electron chi connectivity index (χ4n) is 2.68. The molecular formula is C21H26N2O6S. The monoisotopic (exact) mass is 434 g/mol. The van der Waals surface area contributed by atoms with Gasteiger partial charge >= 0.3 is 5.97 Å². The van der Waals surface area contributed by atoms with Crippen molar-refractivity contribution in [2.45, 2.75) is 26.9 Å². The number of para-hydroxylation sites is 1. The number of sulfonamides is 1. The highest BCUT2D eigenvalue weighted by atomic mass is 32.2. The third-order valence-corrected chi connectivity index (χ3v) is 5.00. The summed E-state index contributed by atoms with van der Waals surface area (Å²) in [7, 11) is -3.76. The van der Waals surface area contributed by atoms with Gasteiger partial charge in [-0.2, -0.15) is 0 Å². The number of carbonyl (C=O) groups is 2. The van der Waals surface area contributed by atoms with E-state index >= 15 is 0 Å². The Bertz CT molecular complexity index is 1000. The molecule has 0 spiro atoms. The third-order valence-electron chi connectivity index (χ3n) is 3.86. The molecule has 0 aliphatic heterocycles. The van der Waals surface area contributed by atoms with Crippen LogP contribution in [0, 0.1) is 0 Å². The summed E-state index contributed by atoms with van der Waals surface area (Å²) in [6.07, 6.45) is 0.928. The van der Waals surface area contributed by atoms with Gasteiger partial charge in [-0.3, -0.25) is 9.10 Å². The summed E-state index contributed by atoms with van der Waals surface area (Å²) in [6, 6.07) is 12.9. The predicted molar refractivity (Wildman–Crippen MR) is 115 cm³/mol. The number of rotatable bonds is 9. The minimum Gasteiger partial charge on any atom is -0.491 e. The number of amides is 1. The molecule has 2 rings (SSSR count). The van der Waals surface area contributed by atoms with E-state index in [0.717, 1.165) is 10.6 Å². The van der Waals surface area contributed by atoms with E-state index in [9.17, 15) is 18.0 Å². The van der Waals surface area contributed by atoms with Gasteiger partial charge < -0.3 is 14.8 Å². The zero-order chi connectivity index (χ0) is 22.3. The van der Waals surface area contributed by atoms with E-state index in [2.05, 4.69) is 5.32 Å². The molecular weight excluding hydrogens is 408 g/mol. The molecule has 0 atom stereocenters. The second-order valence-corrected chi connectivity index (χ2v) is 8.65. The van der Waals surface area contributed by atoms with E-state index in [4.69, 9.17) is 9.47 Å². The van der Waals surface area contributed by atoms with Crippen molar-refractivity contribution in [3.63, 3.8) is 0 Å². The van der Waals surface area contributed by atoms with Crippen molar-refractivity contribution in [2.24, 2.45) is 0 Å². The first kappa shape index (κ1) is 23.2. The van der Waals surface area contributed by atoms with Gasteiger partial charge in [-0.05, 0) is 45.0 Å². The number of benzene rings is 2. The molecule has 9 heteroatoms. The van der Waals surface area contributed by atoms with Crippen LogP contribution >= 0.6 is 0 Å². The molecule has 8 nitrogen and oxygen atoms in total. The summed E-state index contributed by atoms with van der Waals surface area (Å²) in [4.78, 5) is 24.7. The van der Waals surface area contributed by atoms with Crippen molar-refractivity contribution in [3.05, 3.63) is 54.1 Å². The van der Waals surface area contributed by atoms with E-state index in [-0.39, 0.29) is 24.0 Å². The maximum absolute atomic E-state index is 12.6. The highest BCUT2D eigenvalue weighted by molar-refractivity contribution is 7.92. The summed E-state index contributed by atoms with van der Waals surface area (Å²) in [5.74, 6) is -0.691. The largest absolute Gasteiger partial charge is 0.491 e. The van der Waals surface area contributed by atoms with Crippen molar-refractivity contribution in [1.82, 2.24) is 0 Å².